The monoisotopic (exact) mass is 188 g/mol. The molecule has 1 N–H and O–H groups in total. The Morgan fingerprint density at radius 2 is 2.14 bits per heavy atom. The summed E-state index contributed by atoms with van der Waals surface area (Å²) in [6.45, 7) is 1.87. The lowest BCUT2D eigenvalue weighted by molar-refractivity contribution is 0.200. The van der Waals surface area contributed by atoms with E-state index in [0.29, 0.717) is 5.76 Å². The first-order chi connectivity index (χ1) is 6.81. The van der Waals surface area contributed by atoms with E-state index in [4.69, 9.17) is 4.42 Å². The highest BCUT2D eigenvalue weighted by Crippen LogP contribution is 2.24. The van der Waals surface area contributed by atoms with E-state index in [1.165, 1.54) is 0 Å². The molecule has 1 unspecified atom stereocenters. The second-order valence-electron chi connectivity index (χ2n) is 3.16. The van der Waals surface area contributed by atoms with E-state index < -0.39 is 6.10 Å². The topological polar surface area (TPSA) is 33.4 Å². The molecule has 0 saturated heterocycles. The van der Waals surface area contributed by atoms with Gasteiger partial charge in [0.1, 0.15) is 17.4 Å². The minimum absolute atomic E-state index is 0.587. The van der Waals surface area contributed by atoms with Crippen LogP contribution >= 0.6 is 0 Å². The maximum atomic E-state index is 9.64. The molecule has 0 aliphatic heterocycles. The molecule has 2 nitrogen and oxygen atoms in total. The van der Waals surface area contributed by atoms with Crippen molar-refractivity contribution in [3.63, 3.8) is 0 Å². The highest BCUT2D eigenvalue weighted by Gasteiger charge is 2.09. The number of fused-ring (bicyclic) bond motifs is 1. The van der Waals surface area contributed by atoms with Gasteiger partial charge in [0.2, 0.25) is 0 Å². The smallest absolute Gasteiger partial charge is 0.137 e. The summed E-state index contributed by atoms with van der Waals surface area (Å²) in [4.78, 5) is 0. The van der Waals surface area contributed by atoms with Crippen molar-refractivity contribution in [1.29, 1.82) is 0 Å². The normalized spacial score (nSPS) is 13.9. The fourth-order valence-electron chi connectivity index (χ4n) is 1.43. The van der Waals surface area contributed by atoms with Crippen LogP contribution in [0.4, 0.5) is 0 Å². The Balaban J connectivity index is 2.44. The molecule has 2 rings (SSSR count). The third-order valence-corrected chi connectivity index (χ3v) is 2.11. The summed E-state index contributed by atoms with van der Waals surface area (Å²) in [6, 6.07) is 9.58. The lowest BCUT2D eigenvalue weighted by Gasteiger charge is -1.98. The molecule has 0 aliphatic rings. The molecular weight excluding hydrogens is 176 g/mol. The minimum atomic E-state index is -0.646. The van der Waals surface area contributed by atoms with Gasteiger partial charge < -0.3 is 9.52 Å². The summed E-state index contributed by atoms with van der Waals surface area (Å²) < 4.78 is 5.48. The van der Waals surface area contributed by atoms with Crippen LogP contribution in [-0.2, 0) is 0 Å². The molecule has 0 spiro atoms. The first-order valence-corrected chi connectivity index (χ1v) is 4.60. The summed E-state index contributed by atoms with van der Waals surface area (Å²) in [5, 5.41) is 10.7. The van der Waals surface area contributed by atoms with E-state index in [1.54, 1.807) is 12.2 Å². The summed E-state index contributed by atoms with van der Waals surface area (Å²) in [5.41, 5.74) is 0.811. The molecule has 1 aromatic carbocycles. The van der Waals surface area contributed by atoms with Gasteiger partial charge in [-0.3, -0.25) is 0 Å². The molecule has 0 bridgehead atoms. The Hall–Kier alpha value is -1.54. The second kappa shape index (κ2) is 3.68. The van der Waals surface area contributed by atoms with E-state index >= 15 is 0 Å². The highest BCUT2D eigenvalue weighted by molar-refractivity contribution is 5.77. The van der Waals surface area contributed by atoms with Crippen LogP contribution in [0, 0.1) is 0 Å². The van der Waals surface area contributed by atoms with Gasteiger partial charge in [-0.1, -0.05) is 30.4 Å². The van der Waals surface area contributed by atoms with Crippen LogP contribution < -0.4 is 0 Å². The number of rotatable bonds is 2. The van der Waals surface area contributed by atoms with E-state index in [0.717, 1.165) is 11.0 Å². The number of benzene rings is 1. The zero-order chi connectivity index (χ0) is 9.97. The maximum absolute atomic E-state index is 9.64. The van der Waals surface area contributed by atoms with Crippen LogP contribution in [-0.4, -0.2) is 5.11 Å². The van der Waals surface area contributed by atoms with Gasteiger partial charge in [-0.05, 0) is 19.1 Å². The molecule has 0 radical (unpaired) electrons. The minimum Gasteiger partial charge on any atom is -0.458 e. The largest absolute Gasteiger partial charge is 0.458 e. The maximum Gasteiger partial charge on any atom is 0.137 e. The van der Waals surface area contributed by atoms with Gasteiger partial charge in [0, 0.05) is 5.39 Å². The van der Waals surface area contributed by atoms with Gasteiger partial charge in [-0.25, -0.2) is 0 Å². The van der Waals surface area contributed by atoms with Crippen molar-refractivity contribution in [2.24, 2.45) is 0 Å². The van der Waals surface area contributed by atoms with Crippen molar-refractivity contribution in [2.75, 3.05) is 0 Å². The molecule has 72 valence electrons. The van der Waals surface area contributed by atoms with Crippen LogP contribution in [0.15, 0.2) is 46.9 Å². The summed E-state index contributed by atoms with van der Waals surface area (Å²) in [5.74, 6) is 0.587. The molecular formula is C12H12O2. The van der Waals surface area contributed by atoms with Crippen molar-refractivity contribution in [3.8, 4) is 0 Å². The van der Waals surface area contributed by atoms with E-state index in [-0.39, 0.29) is 0 Å². The zero-order valence-corrected chi connectivity index (χ0v) is 7.97. The molecule has 1 atom stereocenters. The van der Waals surface area contributed by atoms with E-state index in [1.807, 2.05) is 37.3 Å². The Bertz CT molecular complexity index is 421. The lowest BCUT2D eigenvalue weighted by Crippen LogP contribution is -1.88. The number of hydrogen-bond donors (Lipinski definition) is 1. The van der Waals surface area contributed by atoms with Crippen LogP contribution in [0.5, 0.6) is 0 Å². The van der Waals surface area contributed by atoms with Crippen molar-refractivity contribution >= 4 is 11.0 Å². The fraction of sp³-hybridized carbons (Fsp3) is 0.167. The molecule has 2 heteroatoms. The van der Waals surface area contributed by atoms with Gasteiger partial charge in [0.25, 0.3) is 0 Å². The molecule has 0 fully saturated rings. The summed E-state index contributed by atoms with van der Waals surface area (Å²) in [7, 11) is 0. The first kappa shape index (κ1) is 9.03. The molecule has 0 amide bonds. The Morgan fingerprint density at radius 3 is 2.86 bits per heavy atom. The lowest BCUT2D eigenvalue weighted by atomic mass is 10.2. The SMILES string of the molecule is CC=CC(O)c1cc2ccccc2o1. The number of aliphatic hydroxyl groups excluding tert-OH is 1. The molecule has 1 aromatic heterocycles. The predicted octanol–water partition coefficient (Wildman–Crippen LogP) is 3.04. The zero-order valence-electron chi connectivity index (χ0n) is 7.97. The quantitative estimate of drug-likeness (QED) is 0.735. The number of furan rings is 1. The first-order valence-electron chi connectivity index (χ1n) is 4.60. The molecule has 14 heavy (non-hydrogen) atoms. The van der Waals surface area contributed by atoms with Crippen molar-refractivity contribution < 1.29 is 9.52 Å². The van der Waals surface area contributed by atoms with Crippen LogP contribution in [0.25, 0.3) is 11.0 Å². The third kappa shape index (κ3) is 1.56. The van der Waals surface area contributed by atoms with E-state index in [9.17, 15) is 5.11 Å². The summed E-state index contributed by atoms with van der Waals surface area (Å²) >= 11 is 0. The highest BCUT2D eigenvalue weighted by atomic mass is 16.4. The number of para-hydroxylation sites is 1. The average Bonchev–Trinajstić information content (AvgIpc) is 2.61. The van der Waals surface area contributed by atoms with Crippen molar-refractivity contribution in [2.45, 2.75) is 13.0 Å². The van der Waals surface area contributed by atoms with Crippen LogP contribution in [0.3, 0.4) is 0 Å². The van der Waals surface area contributed by atoms with Crippen molar-refractivity contribution in [3.05, 3.63) is 48.2 Å². The second-order valence-corrected chi connectivity index (χ2v) is 3.16. The number of allylic oxidation sites excluding steroid dienone is 1. The fourth-order valence-corrected chi connectivity index (χ4v) is 1.43. The van der Waals surface area contributed by atoms with Gasteiger partial charge in [-0.2, -0.15) is 0 Å². The van der Waals surface area contributed by atoms with Gasteiger partial charge in [0.05, 0.1) is 0 Å². The Kier molecular flexibility index (Phi) is 2.37. The standard InChI is InChI=1S/C12H12O2/c1-2-5-10(13)12-8-9-6-3-4-7-11(9)14-12/h2-8,10,13H,1H3. The Morgan fingerprint density at radius 1 is 1.36 bits per heavy atom. The molecule has 2 aromatic rings. The van der Waals surface area contributed by atoms with Crippen LogP contribution in [0.2, 0.25) is 0 Å². The van der Waals surface area contributed by atoms with Crippen molar-refractivity contribution in [1.82, 2.24) is 0 Å². The molecule has 0 saturated carbocycles. The summed E-state index contributed by atoms with van der Waals surface area (Å²) in [6.07, 6.45) is 2.85. The van der Waals surface area contributed by atoms with Crippen LogP contribution in [0.1, 0.15) is 18.8 Å². The van der Waals surface area contributed by atoms with Gasteiger partial charge in [-0.15, -0.1) is 0 Å². The van der Waals surface area contributed by atoms with Gasteiger partial charge >= 0.3 is 0 Å². The molecule has 1 heterocycles. The predicted molar refractivity (Wildman–Crippen MR) is 56.0 cm³/mol. The number of hydrogen-bond acceptors (Lipinski definition) is 2. The molecule has 0 aliphatic carbocycles. The average molecular weight is 188 g/mol. The number of aliphatic hydroxyl groups is 1. The van der Waals surface area contributed by atoms with E-state index in [2.05, 4.69) is 0 Å². The Labute approximate surface area is 82.5 Å². The van der Waals surface area contributed by atoms with Gasteiger partial charge in [0.15, 0.2) is 0 Å². The third-order valence-electron chi connectivity index (χ3n) is 2.11.